The molecule has 0 aliphatic heterocycles. The molecule has 1 fully saturated rings. The first-order chi connectivity index (χ1) is 8.07. The van der Waals surface area contributed by atoms with Crippen LogP contribution >= 0.6 is 15.9 Å². The van der Waals surface area contributed by atoms with Crippen molar-refractivity contribution in [2.75, 3.05) is 0 Å². The topological polar surface area (TPSA) is 26.0 Å². The van der Waals surface area contributed by atoms with Gasteiger partial charge in [-0.3, -0.25) is 0 Å². The van der Waals surface area contributed by atoms with Gasteiger partial charge in [-0.05, 0) is 46.8 Å². The highest BCUT2D eigenvalue weighted by molar-refractivity contribution is 9.10. The lowest BCUT2D eigenvalue weighted by Crippen LogP contribution is -2.39. The van der Waals surface area contributed by atoms with Gasteiger partial charge in [-0.2, -0.15) is 0 Å². The van der Waals surface area contributed by atoms with Crippen LogP contribution in [0.15, 0.2) is 16.6 Å². The Morgan fingerprint density at radius 1 is 1.29 bits per heavy atom. The summed E-state index contributed by atoms with van der Waals surface area (Å²) in [7, 11) is 0. The summed E-state index contributed by atoms with van der Waals surface area (Å²) in [6.45, 7) is 2.08. The van der Waals surface area contributed by atoms with E-state index in [-0.39, 0.29) is 5.82 Å². The van der Waals surface area contributed by atoms with Gasteiger partial charge in [0.2, 0.25) is 0 Å². The molecular weight excluding hydrogens is 281 g/mol. The molecule has 1 nitrogen and oxygen atoms in total. The molecule has 0 atom stereocenters. The fourth-order valence-electron chi connectivity index (χ4n) is 2.66. The van der Waals surface area contributed by atoms with Crippen LogP contribution in [0.2, 0.25) is 0 Å². The average Bonchev–Trinajstić information content (AvgIpc) is 2.33. The number of nitrogens with two attached hydrogens (primary N) is 1. The second-order valence-electron chi connectivity index (χ2n) is 5.01. The Bertz CT molecular complexity index is 411. The van der Waals surface area contributed by atoms with E-state index in [0.29, 0.717) is 10.0 Å². The second-order valence-corrected chi connectivity index (χ2v) is 5.86. The maximum Gasteiger partial charge on any atom is 0.142 e. The molecule has 0 bridgehead atoms. The van der Waals surface area contributed by atoms with E-state index in [2.05, 4.69) is 22.9 Å². The minimum Gasteiger partial charge on any atom is -0.321 e. The van der Waals surface area contributed by atoms with E-state index in [1.54, 1.807) is 0 Å². The predicted molar refractivity (Wildman–Crippen MR) is 72.4 cm³/mol. The molecule has 17 heavy (non-hydrogen) atoms. The third-order valence-electron chi connectivity index (χ3n) is 3.78. The molecule has 2 rings (SSSR count). The van der Waals surface area contributed by atoms with Crippen LogP contribution in [-0.2, 0) is 12.0 Å². The first-order valence-electron chi connectivity index (χ1n) is 6.34. The van der Waals surface area contributed by atoms with Crippen molar-refractivity contribution in [1.82, 2.24) is 0 Å². The summed E-state index contributed by atoms with van der Waals surface area (Å²) in [5.41, 5.74) is 7.79. The lowest BCUT2D eigenvalue weighted by Gasteiger charge is -2.34. The zero-order chi connectivity index (χ0) is 12.5. The maximum atomic E-state index is 14.2. The van der Waals surface area contributed by atoms with Crippen LogP contribution in [0.5, 0.6) is 0 Å². The lowest BCUT2D eigenvalue weighted by molar-refractivity contribution is 0.292. The van der Waals surface area contributed by atoms with Crippen LogP contribution in [0, 0.1) is 5.82 Å². The number of hydrogen-bond donors (Lipinski definition) is 1. The van der Waals surface area contributed by atoms with Gasteiger partial charge >= 0.3 is 0 Å². The van der Waals surface area contributed by atoms with Crippen molar-refractivity contribution < 1.29 is 4.39 Å². The van der Waals surface area contributed by atoms with Crippen LogP contribution in [0.4, 0.5) is 4.39 Å². The largest absolute Gasteiger partial charge is 0.321 e. The highest BCUT2D eigenvalue weighted by Crippen LogP contribution is 2.38. The van der Waals surface area contributed by atoms with Gasteiger partial charge in [-0.25, -0.2) is 4.39 Å². The van der Waals surface area contributed by atoms with Crippen LogP contribution in [0.1, 0.15) is 50.2 Å². The van der Waals surface area contributed by atoms with E-state index in [1.165, 1.54) is 6.42 Å². The van der Waals surface area contributed by atoms with Crippen molar-refractivity contribution in [2.45, 2.75) is 51.0 Å². The fraction of sp³-hybridized carbons (Fsp3) is 0.571. The van der Waals surface area contributed by atoms with E-state index < -0.39 is 5.54 Å². The summed E-state index contributed by atoms with van der Waals surface area (Å²) in [4.78, 5) is 0. The molecule has 0 unspecified atom stereocenters. The van der Waals surface area contributed by atoms with Crippen LogP contribution in [0.3, 0.4) is 0 Å². The van der Waals surface area contributed by atoms with E-state index in [1.807, 2.05) is 12.1 Å². The summed E-state index contributed by atoms with van der Waals surface area (Å²) >= 11 is 3.30. The SMILES string of the molecule is CCc1cc(Br)c(F)c(C2(N)CCCCC2)c1. The first kappa shape index (κ1) is 13.0. The molecule has 1 aliphatic rings. The van der Waals surface area contributed by atoms with Gasteiger partial charge in [0.1, 0.15) is 5.82 Å². The molecule has 94 valence electrons. The highest BCUT2D eigenvalue weighted by Gasteiger charge is 2.32. The van der Waals surface area contributed by atoms with Crippen molar-refractivity contribution in [3.8, 4) is 0 Å². The second kappa shape index (κ2) is 5.07. The molecule has 3 heteroatoms. The minimum atomic E-state index is -0.462. The molecule has 1 saturated carbocycles. The number of hydrogen-bond acceptors (Lipinski definition) is 1. The lowest BCUT2D eigenvalue weighted by atomic mass is 9.77. The summed E-state index contributed by atoms with van der Waals surface area (Å²) < 4.78 is 14.8. The van der Waals surface area contributed by atoms with Crippen molar-refractivity contribution in [3.05, 3.63) is 33.5 Å². The Morgan fingerprint density at radius 2 is 1.94 bits per heavy atom. The molecule has 0 spiro atoms. The number of halogens is 2. The number of benzene rings is 1. The zero-order valence-electron chi connectivity index (χ0n) is 10.2. The Kier molecular flexibility index (Phi) is 3.88. The predicted octanol–water partition coefficient (Wildman–Crippen LogP) is 4.27. The van der Waals surface area contributed by atoms with Gasteiger partial charge in [0.15, 0.2) is 0 Å². The van der Waals surface area contributed by atoms with Crippen molar-refractivity contribution >= 4 is 15.9 Å². The molecule has 0 heterocycles. The van der Waals surface area contributed by atoms with Crippen molar-refractivity contribution in [3.63, 3.8) is 0 Å². The Morgan fingerprint density at radius 3 is 2.53 bits per heavy atom. The van der Waals surface area contributed by atoms with Gasteiger partial charge in [0.25, 0.3) is 0 Å². The van der Waals surface area contributed by atoms with Crippen LogP contribution in [0.25, 0.3) is 0 Å². The summed E-state index contributed by atoms with van der Waals surface area (Å²) in [6, 6.07) is 3.80. The third-order valence-corrected chi connectivity index (χ3v) is 4.36. The normalized spacial score (nSPS) is 19.3. The first-order valence-corrected chi connectivity index (χ1v) is 7.13. The molecule has 0 aromatic heterocycles. The molecule has 0 amide bonds. The highest BCUT2D eigenvalue weighted by atomic mass is 79.9. The fourth-order valence-corrected chi connectivity index (χ4v) is 3.17. The molecule has 1 aromatic carbocycles. The van der Waals surface area contributed by atoms with Crippen LogP contribution < -0.4 is 5.73 Å². The molecule has 0 radical (unpaired) electrons. The van der Waals surface area contributed by atoms with E-state index in [9.17, 15) is 4.39 Å². The average molecular weight is 300 g/mol. The van der Waals surface area contributed by atoms with Gasteiger partial charge in [0, 0.05) is 11.1 Å². The zero-order valence-corrected chi connectivity index (χ0v) is 11.8. The maximum absolute atomic E-state index is 14.2. The number of aryl methyl sites for hydroxylation is 1. The van der Waals surface area contributed by atoms with Gasteiger partial charge < -0.3 is 5.73 Å². The Labute approximate surface area is 111 Å². The number of rotatable bonds is 2. The van der Waals surface area contributed by atoms with Crippen molar-refractivity contribution in [2.24, 2.45) is 5.73 Å². The van der Waals surface area contributed by atoms with E-state index in [0.717, 1.165) is 37.7 Å². The molecule has 0 saturated heterocycles. The standard InChI is InChI=1S/C14H19BrFN/c1-2-10-8-11(13(16)12(15)9-10)14(17)6-4-3-5-7-14/h8-9H,2-7,17H2,1H3. The third kappa shape index (κ3) is 2.55. The molecular formula is C14H19BrFN. The van der Waals surface area contributed by atoms with E-state index in [4.69, 9.17) is 5.73 Å². The minimum absolute atomic E-state index is 0.174. The quantitative estimate of drug-likeness (QED) is 0.867. The molecule has 1 aliphatic carbocycles. The smallest absolute Gasteiger partial charge is 0.142 e. The molecule has 2 N–H and O–H groups in total. The van der Waals surface area contributed by atoms with E-state index >= 15 is 0 Å². The monoisotopic (exact) mass is 299 g/mol. The summed E-state index contributed by atoms with van der Waals surface area (Å²) in [5, 5.41) is 0. The Hall–Kier alpha value is -0.410. The van der Waals surface area contributed by atoms with Gasteiger partial charge in [-0.1, -0.05) is 32.3 Å². The van der Waals surface area contributed by atoms with Gasteiger partial charge in [0.05, 0.1) is 4.47 Å². The van der Waals surface area contributed by atoms with Crippen molar-refractivity contribution in [1.29, 1.82) is 0 Å². The van der Waals surface area contributed by atoms with Crippen LogP contribution in [-0.4, -0.2) is 0 Å². The summed E-state index contributed by atoms with van der Waals surface area (Å²) in [5.74, 6) is -0.174. The summed E-state index contributed by atoms with van der Waals surface area (Å²) in [6.07, 6.45) is 6.11. The van der Waals surface area contributed by atoms with Gasteiger partial charge in [-0.15, -0.1) is 0 Å². The Balaban J connectivity index is 2.45. The molecule has 1 aromatic rings.